The van der Waals surface area contributed by atoms with Crippen LogP contribution < -0.4 is 15.8 Å². The monoisotopic (exact) mass is 434 g/mol. The molecule has 3 aliphatic rings. The second-order valence-corrected chi connectivity index (χ2v) is 8.58. The van der Waals surface area contributed by atoms with Crippen LogP contribution >= 0.6 is 0 Å². The minimum absolute atomic E-state index is 0.0415. The number of nitrogens with two attached hydrogens (primary N) is 1. The molecule has 7 nitrogen and oxygen atoms in total. The number of ether oxygens (including phenoxy) is 1. The number of carbonyl (C=O) groups is 2. The minimum Gasteiger partial charge on any atom is -0.493 e. The number of amides is 2. The predicted octanol–water partition coefficient (Wildman–Crippen LogP) is 2.61. The highest BCUT2D eigenvalue weighted by molar-refractivity contribution is 5.99. The molecule has 0 aromatic heterocycles. The first-order valence-corrected chi connectivity index (χ1v) is 10.8. The van der Waals surface area contributed by atoms with Crippen LogP contribution in [0.25, 0.3) is 0 Å². The lowest BCUT2D eigenvalue weighted by molar-refractivity contribution is -0.130. The predicted molar refractivity (Wildman–Crippen MR) is 111 cm³/mol. The number of aliphatic imine (C=N–C) groups is 1. The second-order valence-electron chi connectivity index (χ2n) is 8.58. The number of carbonyl (C=O) groups excluding carboxylic acids is 2. The highest BCUT2D eigenvalue weighted by Crippen LogP contribution is 2.56. The van der Waals surface area contributed by atoms with Gasteiger partial charge in [0.05, 0.1) is 30.5 Å². The van der Waals surface area contributed by atoms with Gasteiger partial charge in [-0.3, -0.25) is 14.5 Å². The summed E-state index contributed by atoms with van der Waals surface area (Å²) in [6.45, 7) is 3.94. The first-order chi connectivity index (χ1) is 14.7. The molecule has 1 aliphatic carbocycles. The zero-order chi connectivity index (χ0) is 22.4. The number of hydrogen-bond donors (Lipinski definition) is 2. The fraction of sp³-hybridized carbons (Fsp3) is 0.591. The summed E-state index contributed by atoms with van der Waals surface area (Å²) in [5.41, 5.74) is 6.19. The molecule has 2 heterocycles. The first kappa shape index (κ1) is 21.5. The number of alkyl halides is 2. The van der Waals surface area contributed by atoms with E-state index < -0.39 is 29.2 Å². The Morgan fingerprint density at radius 1 is 1.32 bits per heavy atom. The summed E-state index contributed by atoms with van der Waals surface area (Å²) >= 11 is 0. The van der Waals surface area contributed by atoms with Crippen LogP contribution in [-0.2, 0) is 9.59 Å². The fourth-order valence-electron chi connectivity index (χ4n) is 4.63. The molecular formula is C22H28F2N4O3. The summed E-state index contributed by atoms with van der Waals surface area (Å²) in [5, 5.41) is 2.75. The molecule has 1 unspecified atom stereocenters. The maximum atomic E-state index is 14.6. The fourth-order valence-corrected chi connectivity index (χ4v) is 4.63. The van der Waals surface area contributed by atoms with E-state index in [1.54, 1.807) is 6.07 Å². The molecule has 4 rings (SSSR count). The van der Waals surface area contributed by atoms with Crippen LogP contribution in [0, 0.1) is 11.8 Å². The molecule has 0 bridgehead atoms. The van der Waals surface area contributed by atoms with Crippen molar-refractivity contribution in [2.24, 2.45) is 22.6 Å². The molecule has 9 heteroatoms. The standard InChI is InChI=1S/C22H28F2N4O3/c1-3-21(4-2)11-17(29)28(20(25)27-21)12-14-18(22(14,23)24)19(30)26-15-9-10-31-16-8-6-5-7-13(15)16/h5-8,14-15,18H,3-4,9-12H2,1-2H3,(H2,25,27)(H,26,30)/t14-,15+,18?/m1/s1. The number of nitrogens with one attached hydrogen (secondary N) is 1. The minimum atomic E-state index is -3.20. The van der Waals surface area contributed by atoms with Crippen LogP contribution in [0.4, 0.5) is 8.78 Å². The summed E-state index contributed by atoms with van der Waals surface area (Å²) in [6, 6.07) is 6.87. The van der Waals surface area contributed by atoms with Gasteiger partial charge >= 0.3 is 0 Å². The number of guanidine groups is 1. The van der Waals surface area contributed by atoms with Crippen LogP contribution in [0.2, 0.25) is 0 Å². The van der Waals surface area contributed by atoms with Crippen molar-refractivity contribution in [3.8, 4) is 5.75 Å². The maximum absolute atomic E-state index is 14.6. The Labute approximate surface area is 180 Å². The quantitative estimate of drug-likeness (QED) is 0.719. The van der Waals surface area contributed by atoms with Gasteiger partial charge in [-0.25, -0.2) is 13.8 Å². The molecule has 1 aromatic carbocycles. The third-order valence-corrected chi connectivity index (χ3v) is 6.86. The van der Waals surface area contributed by atoms with Crippen LogP contribution in [0.1, 0.15) is 51.1 Å². The van der Waals surface area contributed by atoms with E-state index in [0.29, 0.717) is 31.6 Å². The Hall–Kier alpha value is -2.71. The van der Waals surface area contributed by atoms with Gasteiger partial charge in [-0.1, -0.05) is 32.0 Å². The van der Waals surface area contributed by atoms with Gasteiger partial charge < -0.3 is 15.8 Å². The zero-order valence-corrected chi connectivity index (χ0v) is 17.7. The third-order valence-electron chi connectivity index (χ3n) is 6.86. The van der Waals surface area contributed by atoms with Crippen molar-refractivity contribution >= 4 is 17.8 Å². The van der Waals surface area contributed by atoms with Crippen molar-refractivity contribution in [2.75, 3.05) is 13.2 Å². The molecule has 3 N–H and O–H groups in total. The summed E-state index contributed by atoms with van der Waals surface area (Å²) in [7, 11) is 0. The molecule has 3 atom stereocenters. The van der Waals surface area contributed by atoms with E-state index in [4.69, 9.17) is 10.5 Å². The lowest BCUT2D eigenvalue weighted by Gasteiger charge is -2.36. The topological polar surface area (TPSA) is 97.0 Å². The Morgan fingerprint density at radius 3 is 2.71 bits per heavy atom. The van der Waals surface area contributed by atoms with Crippen molar-refractivity contribution in [3.05, 3.63) is 29.8 Å². The van der Waals surface area contributed by atoms with Gasteiger partial charge in [0.15, 0.2) is 5.96 Å². The lowest BCUT2D eigenvalue weighted by atomic mass is 9.88. The van der Waals surface area contributed by atoms with Crippen molar-refractivity contribution in [2.45, 2.75) is 57.0 Å². The lowest BCUT2D eigenvalue weighted by Crippen LogP contribution is -2.52. The average Bonchev–Trinajstić information content (AvgIpc) is 3.30. The van der Waals surface area contributed by atoms with E-state index in [1.165, 1.54) is 0 Å². The first-order valence-electron chi connectivity index (χ1n) is 10.8. The number of nitrogens with zero attached hydrogens (tertiary/aromatic N) is 2. The SMILES string of the molecule is CCC1(CC)CC(=O)N(C[C@@H]2C(C(=O)N[C@H]3CCOc4ccccc43)C2(F)F)C(N)=N1. The van der Waals surface area contributed by atoms with E-state index >= 15 is 0 Å². The molecule has 2 amide bonds. The van der Waals surface area contributed by atoms with Gasteiger partial charge in [0.25, 0.3) is 5.92 Å². The van der Waals surface area contributed by atoms with Crippen molar-refractivity contribution in [1.82, 2.24) is 10.2 Å². The van der Waals surface area contributed by atoms with Crippen LogP contribution in [0.3, 0.4) is 0 Å². The molecule has 1 aromatic rings. The van der Waals surface area contributed by atoms with Crippen molar-refractivity contribution < 1.29 is 23.1 Å². The Kier molecular flexibility index (Phi) is 5.39. The maximum Gasteiger partial charge on any atom is 0.265 e. The number of rotatable bonds is 6. The molecule has 31 heavy (non-hydrogen) atoms. The van der Waals surface area contributed by atoms with Gasteiger partial charge in [0.2, 0.25) is 11.8 Å². The van der Waals surface area contributed by atoms with Crippen LogP contribution in [0.15, 0.2) is 29.3 Å². The summed E-state index contributed by atoms with van der Waals surface area (Å²) in [5.74, 6) is -6.40. The zero-order valence-electron chi connectivity index (χ0n) is 17.7. The Morgan fingerprint density at radius 2 is 2.03 bits per heavy atom. The molecule has 168 valence electrons. The molecule has 0 radical (unpaired) electrons. The molecule has 2 aliphatic heterocycles. The van der Waals surface area contributed by atoms with Gasteiger partial charge in [-0.2, -0.15) is 0 Å². The van der Waals surface area contributed by atoms with Crippen LogP contribution in [-0.4, -0.2) is 47.3 Å². The average molecular weight is 434 g/mol. The van der Waals surface area contributed by atoms with E-state index in [1.807, 2.05) is 32.0 Å². The van der Waals surface area contributed by atoms with Crippen molar-refractivity contribution in [3.63, 3.8) is 0 Å². The Bertz CT molecular complexity index is 916. The number of halogens is 2. The van der Waals surface area contributed by atoms with E-state index in [2.05, 4.69) is 10.3 Å². The van der Waals surface area contributed by atoms with Gasteiger partial charge in [0.1, 0.15) is 11.7 Å². The summed E-state index contributed by atoms with van der Waals surface area (Å²) in [4.78, 5) is 30.9. The summed E-state index contributed by atoms with van der Waals surface area (Å²) < 4.78 is 34.7. The van der Waals surface area contributed by atoms with E-state index in [0.717, 1.165) is 10.5 Å². The molecule has 1 fully saturated rings. The third kappa shape index (κ3) is 3.74. The Balaban J connectivity index is 1.45. The second kappa shape index (κ2) is 7.76. The van der Waals surface area contributed by atoms with Gasteiger partial charge in [0, 0.05) is 18.5 Å². The van der Waals surface area contributed by atoms with Crippen molar-refractivity contribution in [1.29, 1.82) is 0 Å². The number of fused-ring (bicyclic) bond motifs is 1. The molecule has 0 saturated heterocycles. The summed E-state index contributed by atoms with van der Waals surface area (Å²) in [6.07, 6.45) is 1.92. The largest absolute Gasteiger partial charge is 0.493 e. The molecule has 0 spiro atoms. The van der Waals surface area contributed by atoms with E-state index in [9.17, 15) is 18.4 Å². The number of benzene rings is 1. The number of hydrogen-bond acceptors (Lipinski definition) is 5. The number of para-hydroxylation sites is 1. The molecular weight excluding hydrogens is 406 g/mol. The van der Waals surface area contributed by atoms with Crippen LogP contribution in [0.5, 0.6) is 5.75 Å². The smallest absolute Gasteiger partial charge is 0.265 e. The van der Waals surface area contributed by atoms with Gasteiger partial charge in [-0.05, 0) is 18.9 Å². The molecule has 1 saturated carbocycles. The normalized spacial score (nSPS) is 28.3. The highest BCUT2D eigenvalue weighted by atomic mass is 19.3. The van der Waals surface area contributed by atoms with Gasteiger partial charge in [-0.15, -0.1) is 0 Å². The highest BCUT2D eigenvalue weighted by Gasteiger charge is 2.72. The van der Waals surface area contributed by atoms with E-state index in [-0.39, 0.29) is 30.9 Å².